The van der Waals surface area contributed by atoms with Crippen molar-refractivity contribution < 1.29 is 5.11 Å². The number of nitrogens with zero attached hydrogens (tertiary/aromatic N) is 4. The van der Waals surface area contributed by atoms with Crippen molar-refractivity contribution >= 4 is 27.0 Å². The Kier molecular flexibility index (Phi) is 3.60. The van der Waals surface area contributed by atoms with E-state index in [4.69, 9.17) is 5.11 Å². The van der Waals surface area contributed by atoms with E-state index in [1.165, 1.54) is 6.33 Å². The molecule has 0 aliphatic rings. The molecule has 2 heterocycles. The van der Waals surface area contributed by atoms with Crippen molar-refractivity contribution in [2.45, 2.75) is 13.2 Å². The van der Waals surface area contributed by atoms with E-state index in [2.05, 4.69) is 26.0 Å². The summed E-state index contributed by atoms with van der Waals surface area (Å²) in [7, 11) is 1.75. The molecule has 108 valence electrons. The number of aliphatic hydroxyl groups is 1. The molecular formula is C14H13BrN4O2. The van der Waals surface area contributed by atoms with E-state index in [1.807, 2.05) is 24.3 Å². The van der Waals surface area contributed by atoms with Crippen LogP contribution in [0, 0.1) is 0 Å². The molecule has 1 N–H and O–H groups in total. The maximum absolute atomic E-state index is 12.5. The summed E-state index contributed by atoms with van der Waals surface area (Å²) in [5.74, 6) is 0. The third-order valence-electron chi connectivity index (χ3n) is 3.33. The molecule has 0 aliphatic carbocycles. The van der Waals surface area contributed by atoms with Crippen molar-refractivity contribution in [1.82, 2.24) is 19.3 Å². The topological polar surface area (TPSA) is 72.9 Å². The van der Waals surface area contributed by atoms with Crippen LogP contribution in [0.5, 0.6) is 0 Å². The number of aromatic nitrogens is 4. The van der Waals surface area contributed by atoms with Crippen LogP contribution < -0.4 is 5.56 Å². The largest absolute Gasteiger partial charge is 0.392 e. The summed E-state index contributed by atoms with van der Waals surface area (Å²) in [6.45, 7) is 0.436. The lowest BCUT2D eigenvalue weighted by Crippen LogP contribution is -2.21. The van der Waals surface area contributed by atoms with Crippen molar-refractivity contribution in [2.24, 2.45) is 7.05 Å². The van der Waals surface area contributed by atoms with E-state index in [-0.39, 0.29) is 12.2 Å². The van der Waals surface area contributed by atoms with Gasteiger partial charge in [0.2, 0.25) is 0 Å². The highest BCUT2D eigenvalue weighted by molar-refractivity contribution is 9.10. The summed E-state index contributed by atoms with van der Waals surface area (Å²) in [6, 6.07) is 7.46. The van der Waals surface area contributed by atoms with Gasteiger partial charge >= 0.3 is 0 Å². The summed E-state index contributed by atoms with van der Waals surface area (Å²) in [5.41, 5.74) is 2.23. The van der Waals surface area contributed by atoms with Crippen molar-refractivity contribution in [1.29, 1.82) is 0 Å². The number of aryl methyl sites for hydroxylation is 1. The third kappa shape index (κ3) is 2.50. The van der Waals surface area contributed by atoms with Gasteiger partial charge in [0.15, 0.2) is 5.65 Å². The van der Waals surface area contributed by atoms with Crippen LogP contribution in [-0.4, -0.2) is 24.4 Å². The third-order valence-corrected chi connectivity index (χ3v) is 3.88. The zero-order chi connectivity index (χ0) is 15.0. The van der Waals surface area contributed by atoms with Crippen molar-refractivity contribution in [3.05, 3.63) is 56.7 Å². The molecule has 0 spiro atoms. The van der Waals surface area contributed by atoms with Crippen LogP contribution in [-0.2, 0) is 20.2 Å². The van der Waals surface area contributed by atoms with Crippen LogP contribution in [0.1, 0.15) is 11.1 Å². The number of fused-ring (bicyclic) bond motifs is 1. The first kappa shape index (κ1) is 14.0. The molecule has 0 aliphatic heterocycles. The molecule has 1 aromatic carbocycles. The second-order valence-corrected chi connectivity index (χ2v) is 5.52. The van der Waals surface area contributed by atoms with Crippen LogP contribution in [0.3, 0.4) is 0 Å². The minimum Gasteiger partial charge on any atom is -0.392 e. The lowest BCUT2D eigenvalue weighted by atomic mass is 10.1. The Morgan fingerprint density at radius 2 is 1.90 bits per heavy atom. The van der Waals surface area contributed by atoms with Gasteiger partial charge in [0.1, 0.15) is 16.3 Å². The van der Waals surface area contributed by atoms with E-state index < -0.39 is 0 Å². The molecule has 0 unspecified atom stereocenters. The van der Waals surface area contributed by atoms with Gasteiger partial charge in [-0.05, 0) is 27.1 Å². The van der Waals surface area contributed by atoms with Crippen molar-refractivity contribution in [3.63, 3.8) is 0 Å². The second kappa shape index (κ2) is 5.42. The Morgan fingerprint density at radius 3 is 2.57 bits per heavy atom. The van der Waals surface area contributed by atoms with E-state index in [0.29, 0.717) is 22.2 Å². The summed E-state index contributed by atoms with van der Waals surface area (Å²) < 4.78 is 3.62. The molecule has 0 fully saturated rings. The van der Waals surface area contributed by atoms with Gasteiger partial charge in [-0.15, -0.1) is 0 Å². The average molecular weight is 349 g/mol. The van der Waals surface area contributed by atoms with Crippen LogP contribution in [0.4, 0.5) is 0 Å². The van der Waals surface area contributed by atoms with Gasteiger partial charge in [0.05, 0.1) is 13.2 Å². The van der Waals surface area contributed by atoms with E-state index in [1.54, 1.807) is 16.3 Å². The fourth-order valence-corrected chi connectivity index (χ4v) is 2.78. The van der Waals surface area contributed by atoms with Crippen LogP contribution in [0.15, 0.2) is 40.0 Å². The molecule has 2 aromatic heterocycles. The number of benzene rings is 1. The molecule has 0 amide bonds. The lowest BCUT2D eigenvalue weighted by molar-refractivity contribution is 0.282. The molecule has 0 saturated heterocycles. The highest BCUT2D eigenvalue weighted by Gasteiger charge is 2.13. The van der Waals surface area contributed by atoms with Gasteiger partial charge in [-0.3, -0.25) is 9.36 Å². The predicted molar refractivity (Wildman–Crippen MR) is 81.9 cm³/mol. The minimum atomic E-state index is -0.133. The summed E-state index contributed by atoms with van der Waals surface area (Å²) in [6.07, 6.45) is 1.53. The Hall–Kier alpha value is -1.99. The van der Waals surface area contributed by atoms with E-state index >= 15 is 0 Å². The summed E-state index contributed by atoms with van der Waals surface area (Å²) in [5, 5.41) is 13.7. The normalized spacial score (nSPS) is 11.2. The van der Waals surface area contributed by atoms with Crippen molar-refractivity contribution in [2.75, 3.05) is 0 Å². The first-order valence-electron chi connectivity index (χ1n) is 6.36. The smallest absolute Gasteiger partial charge is 0.265 e. The monoisotopic (exact) mass is 348 g/mol. The SMILES string of the molecule is Cn1nc(Br)c2c(=O)n(Cc3ccc(CO)cc3)cnc21. The van der Waals surface area contributed by atoms with Gasteiger partial charge in [0, 0.05) is 7.05 Å². The molecule has 0 saturated carbocycles. The highest BCUT2D eigenvalue weighted by Crippen LogP contribution is 2.17. The standard InChI is InChI=1S/C14H13BrN4O2/c1-18-13-11(12(15)17-18)14(21)19(8-16-13)6-9-2-4-10(7-20)5-3-9/h2-5,8,20H,6-7H2,1H3. The zero-order valence-corrected chi connectivity index (χ0v) is 12.9. The fraction of sp³-hybridized carbons (Fsp3) is 0.214. The first-order chi connectivity index (χ1) is 10.1. The molecule has 7 heteroatoms. The van der Waals surface area contributed by atoms with E-state index in [9.17, 15) is 4.79 Å². The Labute approximate surface area is 128 Å². The maximum atomic E-state index is 12.5. The minimum absolute atomic E-state index is 0.0103. The second-order valence-electron chi connectivity index (χ2n) is 4.77. The molecule has 0 bridgehead atoms. The van der Waals surface area contributed by atoms with Gasteiger partial charge < -0.3 is 5.11 Å². The Bertz CT molecular complexity index is 852. The van der Waals surface area contributed by atoms with Gasteiger partial charge in [-0.25, -0.2) is 9.67 Å². The lowest BCUT2D eigenvalue weighted by Gasteiger charge is -2.06. The van der Waals surface area contributed by atoms with Gasteiger partial charge in [-0.2, -0.15) is 5.10 Å². The summed E-state index contributed by atoms with van der Waals surface area (Å²) >= 11 is 3.29. The summed E-state index contributed by atoms with van der Waals surface area (Å²) in [4.78, 5) is 16.8. The van der Waals surface area contributed by atoms with Crippen LogP contribution in [0.25, 0.3) is 11.0 Å². The fourth-order valence-electron chi connectivity index (χ4n) is 2.19. The Balaban J connectivity index is 2.02. The Morgan fingerprint density at radius 1 is 1.24 bits per heavy atom. The zero-order valence-electron chi connectivity index (χ0n) is 11.3. The molecule has 3 rings (SSSR count). The van der Waals surface area contributed by atoms with Crippen molar-refractivity contribution in [3.8, 4) is 0 Å². The average Bonchev–Trinajstić information content (AvgIpc) is 2.78. The number of hydrogen-bond donors (Lipinski definition) is 1. The molecule has 6 nitrogen and oxygen atoms in total. The molecule has 0 radical (unpaired) electrons. The number of aliphatic hydroxyl groups excluding tert-OH is 1. The molecule has 21 heavy (non-hydrogen) atoms. The quantitative estimate of drug-likeness (QED) is 0.777. The van der Waals surface area contributed by atoms with E-state index in [0.717, 1.165) is 11.1 Å². The number of hydrogen-bond acceptors (Lipinski definition) is 4. The van der Waals surface area contributed by atoms with Crippen LogP contribution >= 0.6 is 15.9 Å². The van der Waals surface area contributed by atoms with Crippen LogP contribution in [0.2, 0.25) is 0 Å². The molecular weight excluding hydrogens is 336 g/mol. The predicted octanol–water partition coefficient (Wildman–Crippen LogP) is 1.43. The number of rotatable bonds is 3. The number of halogens is 1. The highest BCUT2D eigenvalue weighted by atomic mass is 79.9. The molecule has 3 aromatic rings. The van der Waals surface area contributed by atoms with Gasteiger partial charge in [0.25, 0.3) is 5.56 Å². The molecule has 0 atom stereocenters. The maximum Gasteiger partial charge on any atom is 0.265 e. The first-order valence-corrected chi connectivity index (χ1v) is 7.16. The van der Waals surface area contributed by atoms with Gasteiger partial charge in [-0.1, -0.05) is 24.3 Å².